The molecule has 0 radical (unpaired) electrons. The summed E-state index contributed by atoms with van der Waals surface area (Å²) in [6.45, 7) is 4.44. The van der Waals surface area contributed by atoms with Crippen molar-refractivity contribution in [2.24, 2.45) is 11.3 Å². The van der Waals surface area contributed by atoms with Gasteiger partial charge in [0.2, 0.25) is 0 Å². The molecule has 2 atom stereocenters. The van der Waals surface area contributed by atoms with Crippen molar-refractivity contribution >= 4 is 6.09 Å². The van der Waals surface area contributed by atoms with E-state index in [-0.39, 0.29) is 17.9 Å². The van der Waals surface area contributed by atoms with Crippen molar-refractivity contribution in [1.29, 1.82) is 0 Å². The minimum absolute atomic E-state index is 0.0150. The lowest BCUT2D eigenvalue weighted by molar-refractivity contribution is -0.00413. The zero-order valence-electron chi connectivity index (χ0n) is 13.5. The number of rotatable bonds is 2. The molecular weight excluding hydrogens is 230 g/mol. The van der Waals surface area contributed by atoms with Gasteiger partial charge in [-0.2, -0.15) is 0 Å². The summed E-state index contributed by atoms with van der Waals surface area (Å²) in [5.74, 6) is 0.0150. The molecule has 1 aliphatic carbocycles. The molecule has 0 aromatic rings. The largest absolute Gasteiger partial charge is 0.441 e. The lowest BCUT2D eigenvalue weighted by atomic mass is 9.78. The second-order valence-corrected chi connectivity index (χ2v) is 6.77. The van der Waals surface area contributed by atoms with E-state index in [1.165, 1.54) is 4.90 Å². The van der Waals surface area contributed by atoms with Crippen LogP contribution >= 0.6 is 0 Å². The number of carbonyl (C=O) groups excluding carboxylic acids is 1. The van der Waals surface area contributed by atoms with E-state index in [0.29, 0.717) is 19.4 Å². The molecule has 2 unspecified atom stereocenters. The number of carbonyl (C=O) groups is 1. The van der Waals surface area contributed by atoms with Crippen LogP contribution in [-0.4, -0.2) is 41.3 Å². The summed E-state index contributed by atoms with van der Waals surface area (Å²) in [5, 5.41) is 9.35. The van der Waals surface area contributed by atoms with Crippen molar-refractivity contribution in [2.75, 3.05) is 19.6 Å². The minimum atomic E-state index is -1.81. The molecule has 0 aromatic carbocycles. The molecule has 0 aromatic heterocycles. The Balaban J connectivity index is 2.26. The molecule has 1 heterocycles. The SMILES string of the molecule is [2H]C1([2H])N(CC(C)(C)C)C(=O)OC12CCCC(CO)C2. The zero-order chi connectivity index (χ0) is 15.2. The number of amides is 1. The number of hydrogen-bond donors (Lipinski definition) is 1. The molecule has 4 heteroatoms. The summed E-state index contributed by atoms with van der Waals surface area (Å²) >= 11 is 0. The zero-order valence-corrected chi connectivity index (χ0v) is 11.5. The first-order valence-corrected chi connectivity index (χ1v) is 6.73. The van der Waals surface area contributed by atoms with E-state index in [4.69, 9.17) is 7.48 Å². The monoisotopic (exact) mass is 257 g/mol. The lowest BCUT2D eigenvalue weighted by Gasteiger charge is -2.35. The number of hydrogen-bond acceptors (Lipinski definition) is 3. The minimum Gasteiger partial charge on any atom is -0.441 e. The molecule has 2 aliphatic rings. The molecule has 1 saturated heterocycles. The van der Waals surface area contributed by atoms with Gasteiger partial charge < -0.3 is 14.7 Å². The van der Waals surface area contributed by atoms with E-state index in [2.05, 4.69) is 0 Å². The third kappa shape index (κ3) is 2.97. The molecule has 1 N–H and O–H groups in total. The Labute approximate surface area is 112 Å². The number of nitrogens with zero attached hydrogens (tertiary/aromatic N) is 1. The molecule has 1 amide bonds. The fourth-order valence-corrected chi connectivity index (χ4v) is 2.81. The van der Waals surface area contributed by atoms with Crippen LogP contribution < -0.4 is 0 Å². The molecule has 104 valence electrons. The normalized spacial score (nSPS) is 37.4. The van der Waals surface area contributed by atoms with Gasteiger partial charge in [-0.15, -0.1) is 0 Å². The van der Waals surface area contributed by atoms with Crippen LogP contribution in [0, 0.1) is 11.3 Å². The van der Waals surface area contributed by atoms with E-state index < -0.39 is 18.2 Å². The standard InChI is InChI=1S/C14H25NO3/c1-13(2,3)9-15-10-14(18-12(15)17)6-4-5-11(7-14)8-16/h11,16H,4-10H2,1-3H3/i10D2. The number of aliphatic hydroxyl groups excluding tert-OH is 1. The van der Waals surface area contributed by atoms with Crippen molar-refractivity contribution in [3.05, 3.63) is 0 Å². The summed E-state index contributed by atoms with van der Waals surface area (Å²) in [7, 11) is 0. The van der Waals surface area contributed by atoms with Gasteiger partial charge in [0.15, 0.2) is 0 Å². The van der Waals surface area contributed by atoms with Gasteiger partial charge in [0.25, 0.3) is 0 Å². The Hall–Kier alpha value is -0.770. The Morgan fingerprint density at radius 2 is 2.33 bits per heavy atom. The maximum Gasteiger partial charge on any atom is 0.410 e. The molecule has 0 bridgehead atoms. The predicted octanol–water partition coefficient (Wildman–Crippen LogP) is 2.41. The Morgan fingerprint density at radius 3 is 2.94 bits per heavy atom. The average molecular weight is 257 g/mol. The first-order valence-electron chi connectivity index (χ1n) is 7.73. The van der Waals surface area contributed by atoms with Gasteiger partial charge in [-0.1, -0.05) is 20.8 Å². The first-order chi connectivity index (χ1) is 9.11. The van der Waals surface area contributed by atoms with Crippen LogP contribution in [-0.2, 0) is 4.74 Å². The highest BCUT2D eigenvalue weighted by Gasteiger charge is 2.48. The van der Waals surface area contributed by atoms with Crippen molar-refractivity contribution in [1.82, 2.24) is 4.90 Å². The smallest absolute Gasteiger partial charge is 0.410 e. The van der Waals surface area contributed by atoms with Crippen LogP contribution in [0.4, 0.5) is 4.79 Å². The van der Waals surface area contributed by atoms with Crippen molar-refractivity contribution in [2.45, 2.75) is 52.1 Å². The lowest BCUT2D eigenvalue weighted by Crippen LogP contribution is -2.41. The predicted molar refractivity (Wildman–Crippen MR) is 69.3 cm³/mol. The fraction of sp³-hybridized carbons (Fsp3) is 0.929. The van der Waals surface area contributed by atoms with Gasteiger partial charge in [0.1, 0.15) is 5.60 Å². The van der Waals surface area contributed by atoms with Crippen molar-refractivity contribution in [3.8, 4) is 0 Å². The van der Waals surface area contributed by atoms with Crippen LogP contribution in [0.3, 0.4) is 0 Å². The maximum atomic E-state index is 12.1. The number of ether oxygens (including phenoxy) is 1. The molecule has 2 fully saturated rings. The topological polar surface area (TPSA) is 49.8 Å². The third-order valence-corrected chi connectivity index (χ3v) is 3.54. The quantitative estimate of drug-likeness (QED) is 0.826. The van der Waals surface area contributed by atoms with Crippen molar-refractivity contribution in [3.63, 3.8) is 0 Å². The second-order valence-electron chi connectivity index (χ2n) is 6.77. The molecule has 18 heavy (non-hydrogen) atoms. The van der Waals surface area contributed by atoms with Crippen LogP contribution in [0.15, 0.2) is 0 Å². The molecule has 1 aliphatic heterocycles. The Kier molecular flexibility index (Phi) is 2.91. The molecule has 1 saturated carbocycles. The highest BCUT2D eigenvalue weighted by molar-refractivity contribution is 5.70. The van der Waals surface area contributed by atoms with Crippen LogP contribution in [0.2, 0.25) is 0 Å². The molecule has 1 spiro atoms. The summed E-state index contributed by atoms with van der Waals surface area (Å²) in [4.78, 5) is 13.4. The average Bonchev–Trinajstić information content (AvgIpc) is 2.49. The van der Waals surface area contributed by atoms with Gasteiger partial charge in [0.05, 0.1) is 9.24 Å². The van der Waals surface area contributed by atoms with E-state index in [1.807, 2.05) is 20.8 Å². The van der Waals surface area contributed by atoms with Gasteiger partial charge in [-0.05, 0) is 37.0 Å². The van der Waals surface area contributed by atoms with E-state index in [1.54, 1.807) is 0 Å². The van der Waals surface area contributed by atoms with Gasteiger partial charge in [-0.3, -0.25) is 0 Å². The Morgan fingerprint density at radius 1 is 1.61 bits per heavy atom. The summed E-state index contributed by atoms with van der Waals surface area (Å²) < 4.78 is 22.3. The molecule has 4 nitrogen and oxygen atoms in total. The van der Waals surface area contributed by atoms with Crippen LogP contribution in [0.5, 0.6) is 0 Å². The highest BCUT2D eigenvalue weighted by Crippen LogP contribution is 2.40. The van der Waals surface area contributed by atoms with Crippen LogP contribution in [0.25, 0.3) is 0 Å². The maximum absolute atomic E-state index is 12.1. The van der Waals surface area contributed by atoms with E-state index in [0.717, 1.165) is 12.8 Å². The van der Waals surface area contributed by atoms with E-state index >= 15 is 0 Å². The van der Waals surface area contributed by atoms with Gasteiger partial charge in [-0.25, -0.2) is 4.79 Å². The first kappa shape index (κ1) is 11.1. The summed E-state index contributed by atoms with van der Waals surface area (Å²) in [5.41, 5.74) is -1.29. The molecule has 2 rings (SSSR count). The highest BCUT2D eigenvalue weighted by atomic mass is 16.6. The summed E-state index contributed by atoms with van der Waals surface area (Å²) in [6.07, 6.45) is 2.02. The van der Waals surface area contributed by atoms with Crippen molar-refractivity contribution < 1.29 is 17.4 Å². The third-order valence-electron chi connectivity index (χ3n) is 3.54. The second kappa shape index (κ2) is 4.72. The number of aliphatic hydroxyl groups is 1. The summed E-state index contributed by atoms with van der Waals surface area (Å²) in [6, 6.07) is 0. The van der Waals surface area contributed by atoms with Gasteiger partial charge in [0, 0.05) is 13.2 Å². The fourth-order valence-electron chi connectivity index (χ4n) is 2.81. The van der Waals surface area contributed by atoms with Crippen LogP contribution in [0.1, 0.15) is 49.2 Å². The molecular formula is C14H25NO3. The Bertz CT molecular complexity index is 394. The van der Waals surface area contributed by atoms with E-state index in [9.17, 15) is 9.90 Å². The van der Waals surface area contributed by atoms with Gasteiger partial charge >= 0.3 is 6.09 Å².